The normalized spacial score (nSPS) is 15.4. The number of allylic oxidation sites excluding steroid dienone is 3. The number of nitrogens with two attached hydrogens (primary N) is 1. The molecule has 1 heterocycles. The van der Waals surface area contributed by atoms with Crippen molar-refractivity contribution in [3.63, 3.8) is 0 Å². The van der Waals surface area contributed by atoms with Gasteiger partial charge in [0, 0.05) is 18.7 Å². The maximum atomic E-state index is 11.7. The van der Waals surface area contributed by atoms with Crippen molar-refractivity contribution in [3.8, 4) is 0 Å². The number of oxazole rings is 1. The minimum atomic E-state index is -0.236. The average molecular weight is 245 g/mol. The number of hydrogen-bond acceptors (Lipinski definition) is 4. The van der Waals surface area contributed by atoms with Crippen molar-refractivity contribution in [2.24, 2.45) is 5.73 Å². The Hall–Kier alpha value is -2.30. The first kappa shape index (κ1) is 12.2. The molecular weight excluding hydrogens is 230 g/mol. The molecule has 1 aliphatic rings. The molecule has 0 aromatic carbocycles. The fourth-order valence-corrected chi connectivity index (χ4v) is 1.60. The minimum Gasteiger partial charge on any atom is -0.449 e. The highest BCUT2D eigenvalue weighted by Crippen LogP contribution is 2.12. The Labute approximate surface area is 105 Å². The zero-order valence-electron chi connectivity index (χ0n) is 10.1. The van der Waals surface area contributed by atoms with Crippen LogP contribution < -0.4 is 11.1 Å². The molecule has 0 saturated heterocycles. The maximum Gasteiger partial charge on any atom is 0.248 e. The molecule has 1 aromatic heterocycles. The van der Waals surface area contributed by atoms with E-state index in [0.29, 0.717) is 23.0 Å². The zero-order chi connectivity index (χ0) is 13.0. The molecule has 18 heavy (non-hydrogen) atoms. The number of nitrogens with zero attached hydrogens (tertiary/aromatic N) is 1. The molecule has 5 heteroatoms. The molecule has 0 unspecified atom stereocenters. The SMILES string of the molecule is Cc1nc(/C=C/C(=O)NC2=C(N)CCC=C2)co1. The largest absolute Gasteiger partial charge is 0.449 e. The highest BCUT2D eigenvalue weighted by Gasteiger charge is 2.06. The molecule has 1 aromatic rings. The summed E-state index contributed by atoms with van der Waals surface area (Å²) in [5.41, 5.74) is 7.79. The van der Waals surface area contributed by atoms with Crippen LogP contribution in [-0.2, 0) is 4.79 Å². The molecule has 0 spiro atoms. The Kier molecular flexibility index (Phi) is 3.62. The lowest BCUT2D eigenvalue weighted by atomic mass is 10.1. The molecule has 2 rings (SSSR count). The lowest BCUT2D eigenvalue weighted by Crippen LogP contribution is -2.23. The van der Waals surface area contributed by atoms with E-state index in [2.05, 4.69) is 10.3 Å². The fraction of sp³-hybridized carbons (Fsp3) is 0.231. The molecule has 0 saturated carbocycles. The summed E-state index contributed by atoms with van der Waals surface area (Å²) in [5, 5.41) is 2.73. The smallest absolute Gasteiger partial charge is 0.248 e. The molecule has 0 bridgehead atoms. The van der Waals surface area contributed by atoms with E-state index in [0.717, 1.165) is 12.8 Å². The topological polar surface area (TPSA) is 81.2 Å². The van der Waals surface area contributed by atoms with Crippen LogP contribution in [0.15, 0.2) is 40.3 Å². The predicted molar refractivity (Wildman–Crippen MR) is 68.0 cm³/mol. The predicted octanol–water partition coefficient (Wildman–Crippen LogP) is 1.63. The van der Waals surface area contributed by atoms with Gasteiger partial charge < -0.3 is 15.5 Å². The van der Waals surface area contributed by atoms with Gasteiger partial charge in [-0.1, -0.05) is 6.08 Å². The standard InChI is InChI=1S/C13H15N3O2/c1-9-15-10(8-18-9)6-7-13(17)16-12-5-3-2-4-11(12)14/h3,5-8H,2,4,14H2,1H3,(H,16,17)/b7-6+. The molecular formula is C13H15N3O2. The van der Waals surface area contributed by atoms with Crippen LogP contribution in [0.5, 0.6) is 0 Å². The van der Waals surface area contributed by atoms with Gasteiger partial charge >= 0.3 is 0 Å². The molecule has 3 N–H and O–H groups in total. The van der Waals surface area contributed by atoms with Gasteiger partial charge in [-0.15, -0.1) is 0 Å². The molecule has 0 radical (unpaired) electrons. The summed E-state index contributed by atoms with van der Waals surface area (Å²) in [4.78, 5) is 15.7. The van der Waals surface area contributed by atoms with Gasteiger partial charge in [-0.2, -0.15) is 0 Å². The van der Waals surface area contributed by atoms with E-state index in [1.165, 1.54) is 12.3 Å². The summed E-state index contributed by atoms with van der Waals surface area (Å²) >= 11 is 0. The first-order chi connectivity index (χ1) is 8.65. The quantitative estimate of drug-likeness (QED) is 0.793. The van der Waals surface area contributed by atoms with Crippen molar-refractivity contribution in [2.45, 2.75) is 19.8 Å². The van der Waals surface area contributed by atoms with Crippen LogP contribution >= 0.6 is 0 Å². The third-order valence-corrected chi connectivity index (χ3v) is 2.51. The van der Waals surface area contributed by atoms with Gasteiger partial charge in [0.15, 0.2) is 5.89 Å². The van der Waals surface area contributed by atoms with E-state index in [1.807, 2.05) is 12.2 Å². The second-order valence-corrected chi connectivity index (χ2v) is 3.99. The Balaban J connectivity index is 1.97. The molecule has 0 atom stereocenters. The highest BCUT2D eigenvalue weighted by molar-refractivity contribution is 5.92. The Morgan fingerprint density at radius 2 is 2.44 bits per heavy atom. The average Bonchev–Trinajstić information content (AvgIpc) is 2.76. The number of aryl methyl sites for hydroxylation is 1. The van der Waals surface area contributed by atoms with E-state index >= 15 is 0 Å². The van der Waals surface area contributed by atoms with Crippen LogP contribution in [0.2, 0.25) is 0 Å². The molecule has 0 aliphatic heterocycles. The van der Waals surface area contributed by atoms with E-state index < -0.39 is 0 Å². The van der Waals surface area contributed by atoms with Crippen molar-refractivity contribution < 1.29 is 9.21 Å². The lowest BCUT2D eigenvalue weighted by Gasteiger charge is -2.11. The zero-order valence-corrected chi connectivity index (χ0v) is 10.1. The summed E-state index contributed by atoms with van der Waals surface area (Å²) in [6.07, 6.45) is 9.99. The van der Waals surface area contributed by atoms with Gasteiger partial charge in [0.2, 0.25) is 5.91 Å². The molecule has 5 nitrogen and oxygen atoms in total. The van der Waals surface area contributed by atoms with E-state index in [4.69, 9.17) is 10.2 Å². The van der Waals surface area contributed by atoms with Gasteiger partial charge in [0.1, 0.15) is 12.0 Å². The number of rotatable bonds is 3. The number of hydrogen-bond donors (Lipinski definition) is 2. The van der Waals surface area contributed by atoms with Crippen LogP contribution in [0.4, 0.5) is 0 Å². The van der Waals surface area contributed by atoms with Gasteiger partial charge in [0.05, 0.1) is 5.70 Å². The second-order valence-electron chi connectivity index (χ2n) is 3.99. The fourth-order valence-electron chi connectivity index (χ4n) is 1.60. The molecule has 1 aliphatic carbocycles. The van der Waals surface area contributed by atoms with Crippen molar-refractivity contribution in [1.82, 2.24) is 10.3 Å². The van der Waals surface area contributed by atoms with Crippen molar-refractivity contribution in [2.75, 3.05) is 0 Å². The lowest BCUT2D eigenvalue weighted by molar-refractivity contribution is -0.115. The Morgan fingerprint density at radius 1 is 1.61 bits per heavy atom. The summed E-state index contributed by atoms with van der Waals surface area (Å²) in [6, 6.07) is 0. The van der Waals surface area contributed by atoms with Crippen LogP contribution in [0.1, 0.15) is 24.4 Å². The number of aromatic nitrogens is 1. The third kappa shape index (κ3) is 3.10. The van der Waals surface area contributed by atoms with Crippen molar-refractivity contribution in [3.05, 3.63) is 47.5 Å². The molecule has 0 fully saturated rings. The monoisotopic (exact) mass is 245 g/mol. The van der Waals surface area contributed by atoms with Crippen LogP contribution in [0, 0.1) is 6.92 Å². The number of amides is 1. The molecule has 94 valence electrons. The Bertz CT molecular complexity index is 538. The Morgan fingerprint density at radius 3 is 3.11 bits per heavy atom. The van der Waals surface area contributed by atoms with E-state index in [9.17, 15) is 4.79 Å². The summed E-state index contributed by atoms with van der Waals surface area (Å²) in [7, 11) is 0. The highest BCUT2D eigenvalue weighted by atomic mass is 16.3. The number of carbonyl (C=O) groups excluding carboxylic acids is 1. The first-order valence-electron chi connectivity index (χ1n) is 5.71. The maximum absolute atomic E-state index is 11.7. The van der Waals surface area contributed by atoms with E-state index in [1.54, 1.807) is 13.0 Å². The van der Waals surface area contributed by atoms with Crippen LogP contribution in [0.25, 0.3) is 6.08 Å². The van der Waals surface area contributed by atoms with Gasteiger partial charge in [-0.05, 0) is 25.0 Å². The second kappa shape index (κ2) is 5.35. The van der Waals surface area contributed by atoms with Gasteiger partial charge in [-0.3, -0.25) is 4.79 Å². The van der Waals surface area contributed by atoms with Crippen LogP contribution in [-0.4, -0.2) is 10.9 Å². The number of carbonyl (C=O) groups is 1. The summed E-state index contributed by atoms with van der Waals surface area (Å²) < 4.78 is 5.03. The van der Waals surface area contributed by atoms with E-state index in [-0.39, 0.29) is 5.91 Å². The number of nitrogens with one attached hydrogen (secondary N) is 1. The van der Waals surface area contributed by atoms with Gasteiger partial charge in [0.25, 0.3) is 0 Å². The third-order valence-electron chi connectivity index (χ3n) is 2.51. The van der Waals surface area contributed by atoms with Crippen molar-refractivity contribution >= 4 is 12.0 Å². The molecule has 1 amide bonds. The van der Waals surface area contributed by atoms with Gasteiger partial charge in [-0.25, -0.2) is 4.98 Å². The van der Waals surface area contributed by atoms with Crippen molar-refractivity contribution in [1.29, 1.82) is 0 Å². The first-order valence-corrected chi connectivity index (χ1v) is 5.71. The summed E-state index contributed by atoms with van der Waals surface area (Å²) in [5.74, 6) is 0.331. The summed E-state index contributed by atoms with van der Waals surface area (Å²) in [6.45, 7) is 1.75. The van der Waals surface area contributed by atoms with Crippen LogP contribution in [0.3, 0.4) is 0 Å². The minimum absolute atomic E-state index is 0.236.